The van der Waals surface area contributed by atoms with Crippen molar-refractivity contribution in [2.75, 3.05) is 13.2 Å². The first-order chi connectivity index (χ1) is 22.6. The number of H-pyrrole nitrogens is 2. The van der Waals surface area contributed by atoms with Crippen molar-refractivity contribution in [3.8, 4) is 22.9 Å². The van der Waals surface area contributed by atoms with Crippen molar-refractivity contribution in [1.29, 1.82) is 0 Å². The monoisotopic (exact) mass is 642 g/mol. The zero-order chi connectivity index (χ0) is 33.1. The Morgan fingerprint density at radius 2 is 1.98 bits per heavy atom. The number of halogens is 2. The number of carboxylic acids is 1. The highest BCUT2D eigenvalue weighted by Gasteiger charge is 2.32. The number of ether oxygens (including phenoxy) is 2. The van der Waals surface area contributed by atoms with Gasteiger partial charge in [0.25, 0.3) is 0 Å². The molecule has 11 heteroatoms. The van der Waals surface area contributed by atoms with Crippen LogP contribution in [0, 0.1) is 17.6 Å². The van der Waals surface area contributed by atoms with Gasteiger partial charge in [0.2, 0.25) is 0 Å². The number of aromatic nitrogens is 3. The van der Waals surface area contributed by atoms with E-state index in [-0.39, 0.29) is 54.8 Å². The fourth-order valence-electron chi connectivity index (χ4n) is 6.12. The predicted molar refractivity (Wildman–Crippen MR) is 173 cm³/mol. The van der Waals surface area contributed by atoms with Gasteiger partial charge in [-0.1, -0.05) is 31.2 Å². The molecule has 1 amide bonds. The molecule has 0 radical (unpaired) electrons. The number of carboxylic acid groups (broad SMARTS) is 1. The molecule has 6 rings (SSSR count). The van der Waals surface area contributed by atoms with Gasteiger partial charge in [-0.2, -0.15) is 0 Å². The zero-order valence-corrected chi connectivity index (χ0v) is 26.2. The Kier molecular flexibility index (Phi) is 8.97. The molecule has 3 heterocycles. The van der Waals surface area contributed by atoms with E-state index in [1.54, 1.807) is 12.4 Å². The smallest absolute Gasteiger partial charge is 0.407 e. The van der Waals surface area contributed by atoms with Gasteiger partial charge in [-0.3, -0.25) is 4.79 Å². The number of nitrogens with zero attached hydrogens (tertiary/aromatic N) is 1. The number of hydrogen-bond donors (Lipinski definition) is 4. The van der Waals surface area contributed by atoms with Gasteiger partial charge in [0.05, 0.1) is 12.2 Å². The Hall–Kier alpha value is -5.19. The first-order valence-corrected chi connectivity index (χ1v) is 15.6. The molecule has 0 saturated heterocycles. The van der Waals surface area contributed by atoms with Crippen LogP contribution in [0.1, 0.15) is 55.5 Å². The number of carbonyl (C=O) groups excluding carboxylic acids is 1. The van der Waals surface area contributed by atoms with E-state index in [4.69, 9.17) is 9.47 Å². The number of aryl methyl sites for hydroxylation is 1. The number of carbonyl (C=O) groups is 2. The molecule has 244 valence electrons. The lowest BCUT2D eigenvalue weighted by Gasteiger charge is -2.31. The number of hydrogen-bond acceptors (Lipinski definition) is 5. The number of alkyl carbamates (subject to hydrolysis) is 1. The summed E-state index contributed by atoms with van der Waals surface area (Å²) in [7, 11) is 0. The summed E-state index contributed by atoms with van der Waals surface area (Å²) < 4.78 is 42.5. The highest BCUT2D eigenvalue weighted by atomic mass is 19.1. The van der Waals surface area contributed by atoms with Gasteiger partial charge in [0.1, 0.15) is 17.4 Å². The van der Waals surface area contributed by atoms with E-state index < -0.39 is 29.1 Å². The normalized spacial score (nSPS) is 19.0. The minimum atomic E-state index is -0.873. The number of imidazole rings is 1. The molecule has 0 aliphatic carbocycles. The first-order valence-electron chi connectivity index (χ1n) is 15.6. The molecule has 2 atom stereocenters. The summed E-state index contributed by atoms with van der Waals surface area (Å²) in [5.74, 6) is -1.55. The van der Waals surface area contributed by atoms with Crippen LogP contribution in [0.15, 0.2) is 67.0 Å². The fraction of sp³-hybridized carbons (Fsp3) is 0.306. The minimum Gasteiger partial charge on any atom is -0.481 e. The van der Waals surface area contributed by atoms with Crippen LogP contribution in [-0.2, 0) is 27.8 Å². The van der Waals surface area contributed by atoms with Crippen LogP contribution in [0.2, 0.25) is 0 Å². The van der Waals surface area contributed by atoms with Crippen molar-refractivity contribution < 1.29 is 33.0 Å². The van der Waals surface area contributed by atoms with Crippen LogP contribution in [-0.4, -0.2) is 45.3 Å². The van der Waals surface area contributed by atoms with Crippen LogP contribution in [0.5, 0.6) is 11.5 Å². The van der Waals surface area contributed by atoms with Crippen molar-refractivity contribution in [2.45, 2.75) is 51.4 Å². The maximum absolute atomic E-state index is 15.5. The topological polar surface area (TPSA) is 129 Å². The van der Waals surface area contributed by atoms with E-state index in [0.29, 0.717) is 30.3 Å². The maximum Gasteiger partial charge on any atom is 0.407 e. The average molecular weight is 643 g/mol. The second-order valence-electron chi connectivity index (χ2n) is 12.3. The molecule has 5 aromatic rings. The van der Waals surface area contributed by atoms with Gasteiger partial charge in [-0.25, -0.2) is 18.6 Å². The molecular weight excluding hydrogens is 606 g/mol. The van der Waals surface area contributed by atoms with Crippen LogP contribution in [0.4, 0.5) is 13.6 Å². The summed E-state index contributed by atoms with van der Waals surface area (Å²) in [6.45, 7) is 4.41. The third-order valence-corrected chi connectivity index (χ3v) is 8.92. The molecule has 0 spiro atoms. The summed E-state index contributed by atoms with van der Waals surface area (Å²) >= 11 is 0. The van der Waals surface area contributed by atoms with E-state index >= 15 is 8.78 Å². The zero-order valence-electron chi connectivity index (χ0n) is 26.2. The maximum atomic E-state index is 15.5. The van der Waals surface area contributed by atoms with Crippen LogP contribution in [0.25, 0.3) is 22.3 Å². The van der Waals surface area contributed by atoms with Crippen molar-refractivity contribution >= 4 is 23.0 Å². The van der Waals surface area contributed by atoms with Gasteiger partial charge < -0.3 is 29.9 Å². The van der Waals surface area contributed by atoms with Gasteiger partial charge in [0, 0.05) is 59.0 Å². The minimum absolute atomic E-state index is 0.00317. The lowest BCUT2D eigenvalue weighted by molar-refractivity contribution is -0.136. The number of rotatable bonds is 4. The van der Waals surface area contributed by atoms with Crippen molar-refractivity contribution in [3.05, 3.63) is 101 Å². The number of benzene rings is 3. The summed E-state index contributed by atoms with van der Waals surface area (Å²) in [5.41, 5.74) is 3.19. The second kappa shape index (κ2) is 13.3. The third-order valence-electron chi connectivity index (χ3n) is 8.92. The van der Waals surface area contributed by atoms with Crippen LogP contribution >= 0.6 is 0 Å². The highest BCUT2D eigenvalue weighted by Crippen LogP contribution is 2.40. The Balaban J connectivity index is 1.43. The SMILES string of the molecule is CC1CCC(C)(c2cccc(CCC(=O)O)c2)c2cnc([nH]2)-c2cc(ccc2F)Oc2c(F)cc3[nH]ccc3c2CCNC(=O)OC1. The average Bonchev–Trinajstić information content (AvgIpc) is 3.74. The number of nitrogens with one attached hydrogen (secondary N) is 3. The van der Waals surface area contributed by atoms with Gasteiger partial charge in [-0.15, -0.1) is 0 Å². The Labute approximate surface area is 270 Å². The van der Waals surface area contributed by atoms with E-state index in [0.717, 1.165) is 22.2 Å². The summed E-state index contributed by atoms with van der Waals surface area (Å²) in [6.07, 6.45) is 4.74. The summed E-state index contributed by atoms with van der Waals surface area (Å²) in [4.78, 5) is 34.8. The van der Waals surface area contributed by atoms with Gasteiger partial charge in [-0.05, 0) is 73.9 Å². The molecule has 4 bridgehead atoms. The molecule has 0 saturated carbocycles. The van der Waals surface area contributed by atoms with Crippen molar-refractivity contribution in [2.24, 2.45) is 5.92 Å². The molecule has 2 unspecified atom stereocenters. The Morgan fingerprint density at radius 3 is 2.81 bits per heavy atom. The lowest BCUT2D eigenvalue weighted by Crippen LogP contribution is -2.29. The lowest BCUT2D eigenvalue weighted by atomic mass is 9.74. The van der Waals surface area contributed by atoms with E-state index in [9.17, 15) is 14.7 Å². The quantitative estimate of drug-likeness (QED) is 0.159. The largest absolute Gasteiger partial charge is 0.481 e. The van der Waals surface area contributed by atoms with Crippen LogP contribution in [0.3, 0.4) is 0 Å². The van der Waals surface area contributed by atoms with E-state index in [1.807, 2.05) is 37.3 Å². The summed E-state index contributed by atoms with van der Waals surface area (Å²) in [6, 6.07) is 15.1. The summed E-state index contributed by atoms with van der Waals surface area (Å²) in [5, 5.41) is 12.7. The molecule has 1 aliphatic rings. The molecule has 4 N–H and O–H groups in total. The number of aliphatic carboxylic acids is 1. The Morgan fingerprint density at radius 1 is 1.13 bits per heavy atom. The molecular formula is C36H36F2N4O5. The number of amides is 1. The fourth-order valence-corrected chi connectivity index (χ4v) is 6.12. The number of aromatic amines is 2. The molecule has 9 nitrogen and oxygen atoms in total. The number of fused-ring (bicyclic) bond motifs is 8. The van der Waals surface area contributed by atoms with Gasteiger partial charge >= 0.3 is 12.1 Å². The molecule has 1 aliphatic heterocycles. The highest BCUT2D eigenvalue weighted by molar-refractivity contribution is 5.86. The van der Waals surface area contributed by atoms with E-state index in [1.165, 1.54) is 24.3 Å². The predicted octanol–water partition coefficient (Wildman–Crippen LogP) is 7.65. The van der Waals surface area contributed by atoms with Gasteiger partial charge in [0.15, 0.2) is 11.6 Å². The van der Waals surface area contributed by atoms with Crippen LogP contribution < -0.4 is 10.1 Å². The second-order valence-corrected chi connectivity index (χ2v) is 12.3. The third kappa shape index (κ3) is 6.84. The van der Waals surface area contributed by atoms with Crippen molar-refractivity contribution in [1.82, 2.24) is 20.3 Å². The molecule has 3 aromatic carbocycles. The first kappa shape index (κ1) is 31.8. The molecule has 0 fully saturated rings. The standard InChI is InChI=1S/C36H36F2N4O5/c1-21-10-13-36(2,23-5-3-4-22(16-23)6-9-32(43)44)31-19-41-34(42-31)27-17-24(7-8-28(27)37)47-33-26(12-15-40-35(45)46-20-21)25-11-14-39-30(25)18-29(33)38/h3-5,7-8,11,14,16-19,21,39H,6,9-10,12-13,15,20H2,1-2H3,(H,40,45)(H,41,42)(H,43,44). The molecule has 47 heavy (non-hydrogen) atoms. The number of cyclic esters (lactones) is 1. The molecule has 2 aromatic heterocycles. The Bertz CT molecular complexity index is 1940. The van der Waals surface area contributed by atoms with Crippen molar-refractivity contribution in [3.63, 3.8) is 0 Å². The van der Waals surface area contributed by atoms with E-state index in [2.05, 4.69) is 27.2 Å².